The first-order valence-corrected chi connectivity index (χ1v) is 5.95. The molecule has 0 aliphatic carbocycles. The summed E-state index contributed by atoms with van der Waals surface area (Å²) in [4.78, 5) is 11.5. The Morgan fingerprint density at radius 2 is 2.29 bits per heavy atom. The molecule has 0 aromatic carbocycles. The number of hydrogen-bond donors (Lipinski definition) is 1. The smallest absolute Gasteiger partial charge is 0.251 e. The number of nitrogens with one attached hydrogen (secondary N) is 1. The molecule has 1 amide bonds. The number of aryl methyl sites for hydroxylation is 1. The molecule has 1 N–H and O–H groups in total. The van der Waals surface area contributed by atoms with E-state index in [1.807, 2.05) is 10.7 Å². The minimum absolute atomic E-state index is 0.136. The van der Waals surface area contributed by atoms with E-state index < -0.39 is 0 Å². The Labute approximate surface area is 102 Å². The highest BCUT2D eigenvalue weighted by molar-refractivity contribution is 6.02. The molecule has 0 fully saturated rings. The van der Waals surface area contributed by atoms with Gasteiger partial charge in [0.25, 0.3) is 5.91 Å². The van der Waals surface area contributed by atoms with Crippen LogP contribution in [0, 0.1) is 0 Å². The van der Waals surface area contributed by atoms with E-state index in [0.29, 0.717) is 11.4 Å². The molecular weight excluding hydrogens is 214 g/mol. The lowest BCUT2D eigenvalue weighted by atomic mass is 9.82. The molecule has 0 spiro atoms. The average Bonchev–Trinajstić information content (AvgIpc) is 2.61. The second kappa shape index (κ2) is 4.02. The van der Waals surface area contributed by atoms with E-state index >= 15 is 0 Å². The van der Waals surface area contributed by atoms with E-state index in [9.17, 15) is 4.79 Å². The molecule has 0 radical (unpaired) electrons. The summed E-state index contributed by atoms with van der Waals surface area (Å²) >= 11 is 0. The van der Waals surface area contributed by atoms with Gasteiger partial charge in [-0.25, -0.2) is 0 Å². The van der Waals surface area contributed by atoms with Crippen molar-refractivity contribution in [2.75, 3.05) is 5.32 Å². The van der Waals surface area contributed by atoms with Gasteiger partial charge < -0.3 is 5.32 Å². The van der Waals surface area contributed by atoms with Crippen LogP contribution < -0.4 is 5.32 Å². The molecule has 1 aliphatic heterocycles. The zero-order chi connectivity index (χ0) is 12.6. The van der Waals surface area contributed by atoms with Crippen LogP contribution in [0.2, 0.25) is 0 Å². The number of amides is 1. The molecule has 2 rings (SSSR count). The molecule has 0 bridgehead atoms. The zero-order valence-electron chi connectivity index (χ0n) is 10.7. The molecule has 4 nitrogen and oxygen atoms in total. The lowest BCUT2D eigenvalue weighted by Crippen LogP contribution is -2.27. The van der Waals surface area contributed by atoms with Crippen LogP contribution >= 0.6 is 0 Å². The van der Waals surface area contributed by atoms with E-state index in [1.54, 1.807) is 6.92 Å². The maximum absolute atomic E-state index is 11.5. The Hall–Kier alpha value is -1.58. The number of fused-ring (bicyclic) bond motifs is 1. The van der Waals surface area contributed by atoms with Gasteiger partial charge in [0.2, 0.25) is 0 Å². The Kier molecular flexibility index (Phi) is 2.81. The van der Waals surface area contributed by atoms with Crippen LogP contribution in [0.3, 0.4) is 0 Å². The Bertz CT molecular complexity index is 471. The molecule has 4 heteroatoms. The first kappa shape index (κ1) is 11.9. The molecule has 1 aromatic heterocycles. The number of aromatic nitrogens is 2. The fraction of sp³-hybridized carbons (Fsp3) is 0.538. The number of hydrogen-bond acceptors (Lipinski definition) is 2. The first-order chi connectivity index (χ1) is 7.90. The maximum Gasteiger partial charge on any atom is 0.251 e. The normalized spacial score (nSPS) is 17.4. The van der Waals surface area contributed by atoms with E-state index in [1.165, 1.54) is 5.69 Å². The third-order valence-corrected chi connectivity index (χ3v) is 3.27. The Morgan fingerprint density at radius 1 is 1.59 bits per heavy atom. The number of anilines is 1. The van der Waals surface area contributed by atoms with Crippen LogP contribution in [0.25, 0.3) is 0 Å². The van der Waals surface area contributed by atoms with Gasteiger partial charge in [-0.3, -0.25) is 9.48 Å². The van der Waals surface area contributed by atoms with Crippen molar-refractivity contribution in [1.82, 2.24) is 9.78 Å². The van der Waals surface area contributed by atoms with E-state index in [-0.39, 0.29) is 11.3 Å². The van der Waals surface area contributed by atoms with Crippen molar-refractivity contribution in [3.63, 3.8) is 0 Å². The number of rotatable bonds is 2. The Morgan fingerprint density at radius 3 is 2.88 bits per heavy atom. The first-order valence-electron chi connectivity index (χ1n) is 5.95. The van der Waals surface area contributed by atoms with Crippen LogP contribution in [-0.4, -0.2) is 15.7 Å². The van der Waals surface area contributed by atoms with Crippen LogP contribution in [0.15, 0.2) is 18.2 Å². The van der Waals surface area contributed by atoms with Crippen molar-refractivity contribution >= 4 is 11.7 Å². The Balaban J connectivity index is 2.26. The highest BCUT2D eigenvalue weighted by atomic mass is 16.1. The zero-order valence-corrected chi connectivity index (χ0v) is 10.7. The standard InChI is InChI=1S/C13H19N3O/c1-9(2)12(17)14-11-8-10-13(3,4)6-5-7-16(10)15-11/h8H,1,5-7H2,2-4H3,(H,14,15,17). The van der Waals surface area contributed by atoms with E-state index in [0.717, 1.165) is 19.4 Å². The lowest BCUT2D eigenvalue weighted by molar-refractivity contribution is -0.112. The van der Waals surface area contributed by atoms with Gasteiger partial charge in [-0.2, -0.15) is 5.10 Å². The van der Waals surface area contributed by atoms with Crippen LogP contribution in [0.5, 0.6) is 0 Å². The van der Waals surface area contributed by atoms with E-state index in [2.05, 4.69) is 30.8 Å². The minimum Gasteiger partial charge on any atom is -0.305 e. The van der Waals surface area contributed by atoms with Crippen molar-refractivity contribution in [1.29, 1.82) is 0 Å². The van der Waals surface area contributed by atoms with Crippen molar-refractivity contribution in [3.05, 3.63) is 23.9 Å². The van der Waals surface area contributed by atoms with Crippen molar-refractivity contribution < 1.29 is 4.79 Å². The largest absolute Gasteiger partial charge is 0.305 e. The summed E-state index contributed by atoms with van der Waals surface area (Å²) in [6.07, 6.45) is 2.29. The molecule has 0 unspecified atom stereocenters. The molecule has 92 valence electrons. The molecule has 17 heavy (non-hydrogen) atoms. The van der Waals surface area contributed by atoms with Crippen LogP contribution in [-0.2, 0) is 16.8 Å². The van der Waals surface area contributed by atoms with Crippen LogP contribution in [0.1, 0.15) is 39.3 Å². The second-order valence-corrected chi connectivity index (χ2v) is 5.36. The summed E-state index contributed by atoms with van der Waals surface area (Å²) in [5.41, 5.74) is 1.83. The van der Waals surface area contributed by atoms with E-state index in [4.69, 9.17) is 0 Å². The molecular formula is C13H19N3O. The minimum atomic E-state index is -0.168. The highest BCUT2D eigenvalue weighted by Crippen LogP contribution is 2.34. The maximum atomic E-state index is 11.5. The molecule has 0 saturated carbocycles. The van der Waals surface area contributed by atoms with Gasteiger partial charge in [0.15, 0.2) is 5.82 Å². The summed E-state index contributed by atoms with van der Waals surface area (Å²) in [5, 5.41) is 7.18. The topological polar surface area (TPSA) is 46.9 Å². The van der Waals surface area contributed by atoms with Gasteiger partial charge in [0.1, 0.15) is 0 Å². The lowest BCUT2D eigenvalue weighted by Gasteiger charge is -2.30. The summed E-state index contributed by atoms with van der Waals surface area (Å²) in [5.74, 6) is 0.459. The SMILES string of the molecule is C=C(C)C(=O)Nc1cc2n(n1)CCCC2(C)C. The van der Waals surface area contributed by atoms with Gasteiger partial charge in [0.05, 0.1) is 0 Å². The molecule has 0 atom stereocenters. The van der Waals surface area contributed by atoms with Gasteiger partial charge in [-0.05, 0) is 19.8 Å². The van der Waals surface area contributed by atoms with Crippen molar-refractivity contribution in [3.8, 4) is 0 Å². The number of carbonyl (C=O) groups is 1. The molecule has 0 saturated heterocycles. The summed E-state index contributed by atoms with van der Waals surface area (Å²) in [6.45, 7) is 10.7. The summed E-state index contributed by atoms with van der Waals surface area (Å²) in [7, 11) is 0. The number of carbonyl (C=O) groups excluding carboxylic acids is 1. The molecule has 2 heterocycles. The predicted molar refractivity (Wildman–Crippen MR) is 67.9 cm³/mol. The van der Waals surface area contributed by atoms with Crippen molar-refractivity contribution in [2.45, 2.75) is 45.6 Å². The van der Waals surface area contributed by atoms with Gasteiger partial charge in [-0.1, -0.05) is 20.4 Å². The van der Waals surface area contributed by atoms with Gasteiger partial charge in [0, 0.05) is 29.3 Å². The third kappa shape index (κ3) is 2.25. The molecule has 1 aromatic rings. The van der Waals surface area contributed by atoms with Gasteiger partial charge >= 0.3 is 0 Å². The monoisotopic (exact) mass is 233 g/mol. The summed E-state index contributed by atoms with van der Waals surface area (Å²) < 4.78 is 2.00. The highest BCUT2D eigenvalue weighted by Gasteiger charge is 2.29. The fourth-order valence-corrected chi connectivity index (χ4v) is 2.21. The summed E-state index contributed by atoms with van der Waals surface area (Å²) in [6, 6.07) is 1.97. The third-order valence-electron chi connectivity index (χ3n) is 3.27. The molecule has 1 aliphatic rings. The van der Waals surface area contributed by atoms with Crippen molar-refractivity contribution in [2.24, 2.45) is 0 Å². The predicted octanol–water partition coefficient (Wildman–Crippen LogP) is 2.47. The van der Waals surface area contributed by atoms with Crippen LogP contribution in [0.4, 0.5) is 5.82 Å². The second-order valence-electron chi connectivity index (χ2n) is 5.36. The number of nitrogens with zero attached hydrogens (tertiary/aromatic N) is 2. The quantitative estimate of drug-likeness (QED) is 0.798. The average molecular weight is 233 g/mol. The fourth-order valence-electron chi connectivity index (χ4n) is 2.21. The van der Waals surface area contributed by atoms with Gasteiger partial charge in [-0.15, -0.1) is 0 Å².